The van der Waals surface area contributed by atoms with Gasteiger partial charge in [0, 0.05) is 0 Å². The second-order valence-electron chi connectivity index (χ2n) is 3.38. The molecule has 1 aliphatic carbocycles. The first-order valence-electron chi connectivity index (χ1n) is 3.46. The van der Waals surface area contributed by atoms with Gasteiger partial charge in [0.1, 0.15) is 5.60 Å². The predicted molar refractivity (Wildman–Crippen MR) is 35.3 cm³/mol. The summed E-state index contributed by atoms with van der Waals surface area (Å²) in [7, 11) is 0. The van der Waals surface area contributed by atoms with Crippen LogP contribution in [0.2, 0.25) is 0 Å². The van der Waals surface area contributed by atoms with Gasteiger partial charge in [-0.3, -0.25) is 0 Å². The maximum Gasteiger partial charge on any atom is 0.162 e. The van der Waals surface area contributed by atoms with Crippen LogP contribution >= 0.6 is 0 Å². The fourth-order valence-electron chi connectivity index (χ4n) is 1.43. The van der Waals surface area contributed by atoms with Crippen LogP contribution in [0.1, 0.15) is 20.3 Å². The van der Waals surface area contributed by atoms with Gasteiger partial charge in [0.15, 0.2) is 5.67 Å². The summed E-state index contributed by atoms with van der Waals surface area (Å²) in [6, 6.07) is 0. The van der Waals surface area contributed by atoms with Gasteiger partial charge in [0.2, 0.25) is 0 Å². The van der Waals surface area contributed by atoms with E-state index in [0.717, 1.165) is 0 Å². The van der Waals surface area contributed by atoms with E-state index in [9.17, 15) is 9.50 Å². The molecule has 1 aliphatic rings. The highest BCUT2D eigenvalue weighted by molar-refractivity contribution is 5.10. The summed E-state index contributed by atoms with van der Waals surface area (Å²) in [5.41, 5.74) is -3.09. The average Bonchev–Trinajstić information content (AvgIpc) is 1.88. The molecule has 0 heterocycles. The molecule has 0 aromatic carbocycles. The summed E-state index contributed by atoms with van der Waals surface area (Å²) in [6.07, 6.45) is 0.260. The zero-order valence-electron chi connectivity index (χ0n) is 6.26. The lowest BCUT2D eigenvalue weighted by atomic mass is 9.61. The molecule has 3 heteroatoms. The van der Waals surface area contributed by atoms with Crippen molar-refractivity contribution >= 4 is 0 Å². The van der Waals surface area contributed by atoms with Gasteiger partial charge in [-0.1, -0.05) is 6.92 Å². The van der Waals surface area contributed by atoms with Gasteiger partial charge in [0.05, 0.1) is 6.61 Å². The third kappa shape index (κ3) is 0.705. The quantitative estimate of drug-likeness (QED) is 0.567. The molecule has 0 saturated heterocycles. The van der Waals surface area contributed by atoms with Crippen LogP contribution in [0.25, 0.3) is 0 Å². The fourth-order valence-corrected chi connectivity index (χ4v) is 1.43. The first-order valence-corrected chi connectivity index (χ1v) is 3.46. The third-order valence-electron chi connectivity index (χ3n) is 2.75. The largest absolute Gasteiger partial charge is 0.393 e. The van der Waals surface area contributed by atoms with Crippen molar-refractivity contribution in [1.29, 1.82) is 0 Å². The van der Waals surface area contributed by atoms with Crippen LogP contribution < -0.4 is 0 Å². The number of hydrogen-bond donors (Lipinski definition) is 2. The average molecular weight is 148 g/mol. The topological polar surface area (TPSA) is 40.5 Å². The van der Waals surface area contributed by atoms with Crippen molar-refractivity contribution in [2.45, 2.75) is 31.5 Å². The molecule has 0 spiro atoms. The second-order valence-corrected chi connectivity index (χ2v) is 3.38. The summed E-state index contributed by atoms with van der Waals surface area (Å²) < 4.78 is 13.2. The summed E-state index contributed by atoms with van der Waals surface area (Å²) in [6.45, 7) is 2.62. The molecule has 3 unspecified atom stereocenters. The number of aliphatic hydroxyl groups is 2. The van der Waals surface area contributed by atoms with Crippen LogP contribution in [-0.2, 0) is 0 Å². The molecule has 0 amide bonds. The van der Waals surface area contributed by atoms with E-state index in [0.29, 0.717) is 0 Å². The van der Waals surface area contributed by atoms with Gasteiger partial charge in [0.25, 0.3) is 0 Å². The van der Waals surface area contributed by atoms with Crippen LogP contribution in [0.15, 0.2) is 0 Å². The third-order valence-corrected chi connectivity index (χ3v) is 2.75. The van der Waals surface area contributed by atoms with Crippen LogP contribution in [-0.4, -0.2) is 28.1 Å². The molecule has 0 aromatic heterocycles. The smallest absolute Gasteiger partial charge is 0.162 e. The Kier molecular flexibility index (Phi) is 1.53. The van der Waals surface area contributed by atoms with Crippen LogP contribution in [0, 0.1) is 5.92 Å². The Balaban J connectivity index is 2.70. The first-order chi connectivity index (χ1) is 4.44. The van der Waals surface area contributed by atoms with E-state index in [4.69, 9.17) is 5.11 Å². The Labute approximate surface area is 59.7 Å². The minimum atomic E-state index is -1.76. The fraction of sp³-hybridized carbons (Fsp3) is 1.00. The standard InChI is InChI=1S/C7H13FO2/c1-5-3-7(8,4-9)6(5,2)10/h5,9-10H,3-4H2,1-2H3. The minimum absolute atomic E-state index is 0.0513. The molecule has 2 nitrogen and oxygen atoms in total. The molecule has 0 bridgehead atoms. The number of halogens is 1. The summed E-state index contributed by atoms with van der Waals surface area (Å²) >= 11 is 0. The predicted octanol–water partition coefficient (Wildman–Crippen LogP) is 0.478. The van der Waals surface area contributed by atoms with E-state index in [2.05, 4.69) is 0 Å². The van der Waals surface area contributed by atoms with Crippen LogP contribution in [0.3, 0.4) is 0 Å². The van der Waals surface area contributed by atoms with Gasteiger partial charge in [-0.25, -0.2) is 4.39 Å². The van der Waals surface area contributed by atoms with E-state index >= 15 is 0 Å². The molecule has 60 valence electrons. The number of aliphatic hydroxyl groups excluding tert-OH is 1. The van der Waals surface area contributed by atoms with Crippen LogP contribution in [0.5, 0.6) is 0 Å². The maximum absolute atomic E-state index is 13.2. The van der Waals surface area contributed by atoms with Gasteiger partial charge in [-0.05, 0) is 19.3 Å². The van der Waals surface area contributed by atoms with Crippen molar-refractivity contribution in [3.8, 4) is 0 Å². The maximum atomic E-state index is 13.2. The van der Waals surface area contributed by atoms with Crippen molar-refractivity contribution in [3.63, 3.8) is 0 Å². The molecule has 0 aliphatic heterocycles. The van der Waals surface area contributed by atoms with Crippen molar-refractivity contribution < 1.29 is 14.6 Å². The summed E-state index contributed by atoms with van der Waals surface area (Å²) in [5, 5.41) is 17.9. The lowest BCUT2D eigenvalue weighted by Crippen LogP contribution is -2.65. The Morgan fingerprint density at radius 1 is 1.70 bits per heavy atom. The first kappa shape index (κ1) is 7.95. The van der Waals surface area contributed by atoms with Crippen molar-refractivity contribution in [2.75, 3.05) is 6.61 Å². The molecular weight excluding hydrogens is 135 g/mol. The van der Waals surface area contributed by atoms with Gasteiger partial charge in [-0.15, -0.1) is 0 Å². The molecule has 1 saturated carbocycles. The second kappa shape index (κ2) is 1.92. The highest BCUT2D eigenvalue weighted by atomic mass is 19.1. The van der Waals surface area contributed by atoms with E-state index in [1.807, 2.05) is 0 Å². The molecule has 3 atom stereocenters. The molecule has 0 aromatic rings. The SMILES string of the molecule is CC1CC(F)(CO)C1(C)O. The van der Waals surface area contributed by atoms with Gasteiger partial charge >= 0.3 is 0 Å². The zero-order chi connectivity index (χ0) is 7.99. The molecule has 0 radical (unpaired) electrons. The summed E-state index contributed by atoms with van der Waals surface area (Å²) in [4.78, 5) is 0. The number of alkyl halides is 1. The number of rotatable bonds is 1. The normalized spacial score (nSPS) is 54.3. The molecular formula is C7H13FO2. The Hall–Kier alpha value is -0.150. The van der Waals surface area contributed by atoms with Crippen molar-refractivity contribution in [2.24, 2.45) is 5.92 Å². The molecule has 1 fully saturated rings. The Morgan fingerprint density at radius 3 is 2.30 bits per heavy atom. The highest BCUT2D eigenvalue weighted by Crippen LogP contribution is 2.49. The zero-order valence-corrected chi connectivity index (χ0v) is 6.26. The lowest BCUT2D eigenvalue weighted by Gasteiger charge is -2.52. The Morgan fingerprint density at radius 2 is 2.20 bits per heavy atom. The van der Waals surface area contributed by atoms with E-state index in [-0.39, 0.29) is 12.3 Å². The lowest BCUT2D eigenvalue weighted by molar-refractivity contribution is -0.223. The molecule has 1 rings (SSSR count). The Bertz CT molecular complexity index is 144. The van der Waals surface area contributed by atoms with Crippen LogP contribution in [0.4, 0.5) is 4.39 Å². The van der Waals surface area contributed by atoms with E-state index in [1.54, 1.807) is 6.92 Å². The molecule has 10 heavy (non-hydrogen) atoms. The highest BCUT2D eigenvalue weighted by Gasteiger charge is 2.61. The summed E-state index contributed by atoms with van der Waals surface area (Å²) in [5.74, 6) is -0.0513. The molecule has 2 N–H and O–H groups in total. The van der Waals surface area contributed by atoms with E-state index < -0.39 is 17.9 Å². The van der Waals surface area contributed by atoms with E-state index in [1.165, 1.54) is 6.92 Å². The number of hydrogen-bond acceptors (Lipinski definition) is 2. The van der Waals surface area contributed by atoms with Crippen molar-refractivity contribution in [1.82, 2.24) is 0 Å². The van der Waals surface area contributed by atoms with Crippen molar-refractivity contribution in [3.05, 3.63) is 0 Å². The monoisotopic (exact) mass is 148 g/mol. The van der Waals surface area contributed by atoms with Gasteiger partial charge < -0.3 is 10.2 Å². The minimum Gasteiger partial charge on any atom is -0.393 e. The van der Waals surface area contributed by atoms with Gasteiger partial charge in [-0.2, -0.15) is 0 Å².